The molecule has 0 radical (unpaired) electrons. The molecule has 0 unspecified atom stereocenters. The van der Waals surface area contributed by atoms with Crippen LogP contribution in [-0.4, -0.2) is 8.07 Å². The van der Waals surface area contributed by atoms with Crippen molar-refractivity contribution in [3.05, 3.63) is 218 Å². The van der Waals surface area contributed by atoms with Gasteiger partial charge in [0.25, 0.3) is 0 Å². The van der Waals surface area contributed by atoms with E-state index in [4.69, 9.17) is 0 Å². The van der Waals surface area contributed by atoms with Crippen LogP contribution in [0.25, 0.3) is 66.4 Å². The lowest BCUT2D eigenvalue weighted by Crippen LogP contribution is -2.76. The van der Waals surface area contributed by atoms with E-state index in [0.717, 1.165) is 0 Å². The first-order valence-electron chi connectivity index (χ1n) is 18.5. The summed E-state index contributed by atoms with van der Waals surface area (Å²) in [6.45, 7) is 0. The van der Waals surface area contributed by atoms with Crippen molar-refractivity contribution in [3.63, 3.8) is 0 Å². The number of fused-ring (bicyclic) bond motifs is 2. The van der Waals surface area contributed by atoms with Crippen molar-refractivity contribution in [1.29, 1.82) is 0 Å². The summed E-state index contributed by atoms with van der Waals surface area (Å²) in [4.78, 5) is 0. The molecule has 248 valence electrons. The van der Waals surface area contributed by atoms with Crippen molar-refractivity contribution >= 4 is 39.6 Å². The Hall–Kier alpha value is -6.54. The van der Waals surface area contributed by atoms with Gasteiger partial charge in [-0.15, -0.1) is 0 Å². The predicted molar refractivity (Wildman–Crippen MR) is 228 cm³/mol. The fourth-order valence-electron chi connectivity index (χ4n) is 9.11. The summed E-state index contributed by atoms with van der Waals surface area (Å²) in [5.41, 5.74) is 12.7. The molecule has 0 nitrogen and oxygen atoms in total. The van der Waals surface area contributed by atoms with Gasteiger partial charge in [-0.05, 0) is 87.2 Å². The van der Waals surface area contributed by atoms with E-state index in [1.165, 1.54) is 87.2 Å². The van der Waals surface area contributed by atoms with E-state index in [-0.39, 0.29) is 0 Å². The lowest BCUT2D eigenvalue weighted by atomic mass is 9.78. The predicted octanol–water partition coefficient (Wildman–Crippen LogP) is 10.9. The third-order valence-electron chi connectivity index (χ3n) is 11.1. The molecule has 0 saturated heterocycles. The highest BCUT2D eigenvalue weighted by Gasteiger charge is 2.50. The maximum absolute atomic E-state index is 3.09. The molecular weight excluding hydrogens is 653 g/mol. The van der Waals surface area contributed by atoms with Crippen LogP contribution in [0.15, 0.2) is 218 Å². The third-order valence-corrected chi connectivity index (χ3v) is 16.0. The summed E-state index contributed by atoms with van der Waals surface area (Å²) in [6, 6.07) is 81.5. The van der Waals surface area contributed by atoms with Crippen LogP contribution in [0.1, 0.15) is 0 Å². The van der Waals surface area contributed by atoms with E-state index in [1.807, 2.05) is 0 Å². The van der Waals surface area contributed by atoms with Gasteiger partial charge >= 0.3 is 0 Å². The molecule has 0 fully saturated rings. The molecule has 1 heteroatoms. The standard InChI is InChI=1S/C52H36Si/c1-7-21-38(22-8-1)47-48(39-23-9-2-10-24-39)50(41-27-13-4-14-28-41)52-51(49(47)40-25-11-3-12-26-40)44-35-19-29-37-30-20-36-45(46(37)44)53(52,42-31-15-5-16-32-42)43-33-17-6-18-34-43/h1-36H. The topological polar surface area (TPSA) is 0 Å². The van der Waals surface area contributed by atoms with E-state index in [1.54, 1.807) is 0 Å². The van der Waals surface area contributed by atoms with Crippen LogP contribution >= 0.6 is 0 Å². The molecule has 53 heavy (non-hydrogen) atoms. The molecule has 10 rings (SSSR count). The SMILES string of the molecule is c1ccc(-c2c(-c3ccccc3)c(-c3ccccc3)c3c(c2-c2ccccc2)-c2cccc4cccc(c24)[Si]3(c2ccccc2)c2ccccc2)cc1. The van der Waals surface area contributed by atoms with Gasteiger partial charge < -0.3 is 0 Å². The lowest BCUT2D eigenvalue weighted by Gasteiger charge is -2.44. The Morgan fingerprint density at radius 1 is 0.264 bits per heavy atom. The zero-order valence-electron chi connectivity index (χ0n) is 29.3. The van der Waals surface area contributed by atoms with Crippen LogP contribution in [-0.2, 0) is 0 Å². The largest absolute Gasteiger partial charge is 0.181 e. The second-order valence-corrected chi connectivity index (χ2v) is 17.6. The van der Waals surface area contributed by atoms with Crippen LogP contribution < -0.4 is 20.7 Å². The zero-order chi connectivity index (χ0) is 35.2. The second kappa shape index (κ2) is 12.9. The van der Waals surface area contributed by atoms with E-state index in [2.05, 4.69) is 218 Å². The summed E-state index contributed by atoms with van der Waals surface area (Å²) < 4.78 is 0. The molecule has 1 aliphatic rings. The molecule has 9 aromatic carbocycles. The van der Waals surface area contributed by atoms with Gasteiger partial charge in [0.15, 0.2) is 8.07 Å². The quantitative estimate of drug-likeness (QED) is 0.153. The van der Waals surface area contributed by atoms with Crippen molar-refractivity contribution < 1.29 is 0 Å². The van der Waals surface area contributed by atoms with Crippen LogP contribution in [0.2, 0.25) is 0 Å². The number of benzene rings is 9. The highest BCUT2D eigenvalue weighted by Crippen LogP contribution is 2.52. The minimum Gasteiger partial charge on any atom is -0.0623 e. The van der Waals surface area contributed by atoms with Crippen molar-refractivity contribution in [2.75, 3.05) is 0 Å². The highest BCUT2D eigenvalue weighted by molar-refractivity contribution is 7.22. The number of hydrogen-bond acceptors (Lipinski definition) is 0. The van der Waals surface area contributed by atoms with Gasteiger partial charge in [0.05, 0.1) is 0 Å². The molecule has 0 saturated carbocycles. The molecule has 1 aliphatic heterocycles. The molecule has 0 atom stereocenters. The number of hydrogen-bond donors (Lipinski definition) is 0. The Kier molecular flexibility index (Phi) is 7.60. The van der Waals surface area contributed by atoms with Crippen molar-refractivity contribution in [2.24, 2.45) is 0 Å². The smallest absolute Gasteiger partial charge is 0.0623 e. The minimum absolute atomic E-state index is 1.21. The monoisotopic (exact) mass is 688 g/mol. The maximum atomic E-state index is 2.45. The molecular formula is C52H36Si. The molecule has 9 aromatic rings. The summed E-state index contributed by atoms with van der Waals surface area (Å²) in [5.74, 6) is 0. The van der Waals surface area contributed by atoms with Gasteiger partial charge in [-0.2, -0.15) is 0 Å². The van der Waals surface area contributed by atoms with Crippen molar-refractivity contribution in [3.8, 4) is 55.6 Å². The molecule has 0 spiro atoms. The van der Waals surface area contributed by atoms with Crippen LogP contribution in [0.4, 0.5) is 0 Å². The fourth-order valence-corrected chi connectivity index (χ4v) is 14.6. The van der Waals surface area contributed by atoms with Gasteiger partial charge in [-0.3, -0.25) is 0 Å². The molecule has 0 N–H and O–H groups in total. The summed E-state index contributed by atoms with van der Waals surface area (Å²) in [6.07, 6.45) is 0. The van der Waals surface area contributed by atoms with Crippen LogP contribution in [0, 0.1) is 0 Å². The Bertz CT molecular complexity index is 2680. The first kappa shape index (κ1) is 31.2. The first-order valence-corrected chi connectivity index (χ1v) is 20.5. The average Bonchev–Trinajstić information content (AvgIpc) is 3.25. The molecule has 0 bridgehead atoms. The third kappa shape index (κ3) is 4.82. The van der Waals surface area contributed by atoms with Crippen LogP contribution in [0.5, 0.6) is 0 Å². The van der Waals surface area contributed by atoms with Gasteiger partial charge in [-0.1, -0.05) is 218 Å². The summed E-state index contributed by atoms with van der Waals surface area (Å²) >= 11 is 0. The van der Waals surface area contributed by atoms with Gasteiger partial charge in [0.1, 0.15) is 0 Å². The van der Waals surface area contributed by atoms with Crippen molar-refractivity contribution in [2.45, 2.75) is 0 Å². The fraction of sp³-hybridized carbons (Fsp3) is 0. The second-order valence-electron chi connectivity index (χ2n) is 13.9. The Balaban J connectivity index is 1.59. The van der Waals surface area contributed by atoms with E-state index in [9.17, 15) is 0 Å². The van der Waals surface area contributed by atoms with Crippen LogP contribution in [0.3, 0.4) is 0 Å². The van der Waals surface area contributed by atoms with Crippen molar-refractivity contribution in [1.82, 2.24) is 0 Å². The summed E-state index contributed by atoms with van der Waals surface area (Å²) in [5, 5.41) is 8.31. The normalized spacial score (nSPS) is 12.7. The average molecular weight is 689 g/mol. The first-order chi connectivity index (χ1) is 26.4. The zero-order valence-corrected chi connectivity index (χ0v) is 30.3. The Morgan fingerprint density at radius 3 is 1.08 bits per heavy atom. The lowest BCUT2D eigenvalue weighted by molar-refractivity contribution is 1.54. The number of rotatable bonds is 6. The summed E-state index contributed by atoms with van der Waals surface area (Å²) in [7, 11) is -3.09. The van der Waals surface area contributed by atoms with E-state index >= 15 is 0 Å². The molecule has 0 amide bonds. The maximum Gasteiger partial charge on any atom is 0.181 e. The van der Waals surface area contributed by atoms with Gasteiger partial charge in [-0.25, -0.2) is 0 Å². The Labute approximate surface area is 312 Å². The Morgan fingerprint density at radius 2 is 0.623 bits per heavy atom. The highest BCUT2D eigenvalue weighted by atomic mass is 28.3. The molecule has 0 aromatic heterocycles. The van der Waals surface area contributed by atoms with E-state index in [0.29, 0.717) is 0 Å². The molecule has 1 heterocycles. The van der Waals surface area contributed by atoms with E-state index < -0.39 is 8.07 Å². The minimum atomic E-state index is -3.09. The molecule has 0 aliphatic carbocycles. The van der Waals surface area contributed by atoms with Gasteiger partial charge in [0.2, 0.25) is 0 Å². The van der Waals surface area contributed by atoms with Gasteiger partial charge in [0, 0.05) is 0 Å².